The average Bonchev–Trinajstić information content (AvgIpc) is 2.39. The molecular weight excluding hydrogens is 228 g/mol. The van der Waals surface area contributed by atoms with Crippen molar-refractivity contribution in [2.45, 2.75) is 31.8 Å². The molecule has 1 aliphatic heterocycles. The van der Waals surface area contributed by atoms with Gasteiger partial charge in [0.2, 0.25) is 0 Å². The highest BCUT2D eigenvalue weighted by atomic mass is 16.3. The number of nitrogens with one attached hydrogen (secondary N) is 1. The van der Waals surface area contributed by atoms with Crippen LogP contribution in [0.2, 0.25) is 0 Å². The summed E-state index contributed by atoms with van der Waals surface area (Å²) in [5.74, 6) is -0.00537. The molecule has 0 aliphatic carbocycles. The summed E-state index contributed by atoms with van der Waals surface area (Å²) in [6.45, 7) is 2.02. The van der Waals surface area contributed by atoms with E-state index in [0.717, 1.165) is 25.1 Å². The molecule has 0 spiro atoms. The van der Waals surface area contributed by atoms with Crippen molar-refractivity contribution < 1.29 is 5.11 Å². The number of aliphatic hydroxyl groups excluding tert-OH is 1. The number of nitrogens with zero attached hydrogens (tertiary/aromatic N) is 2. The van der Waals surface area contributed by atoms with E-state index in [1.54, 1.807) is 6.20 Å². The van der Waals surface area contributed by atoms with Crippen LogP contribution < -0.4 is 5.73 Å². The Bertz CT molecular complexity index is 421. The predicted molar refractivity (Wildman–Crippen MR) is 70.4 cm³/mol. The quantitative estimate of drug-likeness (QED) is 0.541. The highest BCUT2D eigenvalue weighted by molar-refractivity contribution is 5.93. The van der Waals surface area contributed by atoms with Crippen molar-refractivity contribution >= 4 is 5.84 Å². The summed E-state index contributed by atoms with van der Waals surface area (Å²) in [5, 5.41) is 16.8. The Labute approximate surface area is 107 Å². The number of hydrogen-bond acceptors (Lipinski definition) is 4. The van der Waals surface area contributed by atoms with E-state index in [4.69, 9.17) is 11.1 Å². The molecule has 1 saturated heterocycles. The molecule has 1 fully saturated rings. The van der Waals surface area contributed by atoms with Gasteiger partial charge in [-0.3, -0.25) is 15.3 Å². The molecule has 4 N–H and O–H groups in total. The minimum Gasteiger partial charge on any atom is -0.395 e. The molecule has 0 radical (unpaired) electrons. The molecule has 1 aromatic heterocycles. The third kappa shape index (κ3) is 3.05. The Hall–Kier alpha value is -1.46. The second-order valence-electron chi connectivity index (χ2n) is 4.77. The summed E-state index contributed by atoms with van der Waals surface area (Å²) < 4.78 is 0. The van der Waals surface area contributed by atoms with Gasteiger partial charge in [-0.2, -0.15) is 0 Å². The number of pyridine rings is 1. The van der Waals surface area contributed by atoms with Gasteiger partial charge in [-0.15, -0.1) is 0 Å². The molecule has 2 heterocycles. The number of hydrogen-bond donors (Lipinski definition) is 3. The molecule has 1 atom stereocenters. The molecule has 5 heteroatoms. The number of likely N-dealkylation sites (tertiary alicyclic amines) is 1. The van der Waals surface area contributed by atoms with Crippen LogP contribution in [0.25, 0.3) is 0 Å². The van der Waals surface area contributed by atoms with E-state index in [9.17, 15) is 5.11 Å². The van der Waals surface area contributed by atoms with Crippen LogP contribution in [-0.4, -0.2) is 40.0 Å². The SMILES string of the molecule is N=C(N)c1cc(CN2CCCCC2CO)ccn1. The first-order chi connectivity index (χ1) is 8.70. The molecule has 1 aromatic rings. The normalized spacial score (nSPS) is 20.8. The summed E-state index contributed by atoms with van der Waals surface area (Å²) in [6, 6.07) is 4.05. The summed E-state index contributed by atoms with van der Waals surface area (Å²) in [6.07, 6.45) is 5.11. The van der Waals surface area contributed by atoms with E-state index in [1.807, 2.05) is 12.1 Å². The van der Waals surface area contributed by atoms with Gasteiger partial charge in [0.25, 0.3) is 0 Å². The Morgan fingerprint density at radius 1 is 1.56 bits per heavy atom. The Morgan fingerprint density at radius 2 is 2.39 bits per heavy atom. The van der Waals surface area contributed by atoms with Crippen molar-refractivity contribution in [3.05, 3.63) is 29.6 Å². The summed E-state index contributed by atoms with van der Waals surface area (Å²) in [5.41, 5.74) is 7.05. The number of amidine groups is 1. The van der Waals surface area contributed by atoms with Gasteiger partial charge in [-0.05, 0) is 37.1 Å². The number of piperidine rings is 1. The molecule has 0 saturated carbocycles. The van der Waals surface area contributed by atoms with Gasteiger partial charge < -0.3 is 10.8 Å². The maximum absolute atomic E-state index is 9.37. The Kier molecular flexibility index (Phi) is 4.28. The van der Waals surface area contributed by atoms with Crippen molar-refractivity contribution in [1.29, 1.82) is 5.41 Å². The second-order valence-corrected chi connectivity index (χ2v) is 4.77. The number of aliphatic hydroxyl groups is 1. The third-order valence-electron chi connectivity index (χ3n) is 3.45. The lowest BCUT2D eigenvalue weighted by Gasteiger charge is -2.34. The van der Waals surface area contributed by atoms with Crippen LogP contribution in [0.3, 0.4) is 0 Å². The van der Waals surface area contributed by atoms with Crippen LogP contribution in [-0.2, 0) is 6.54 Å². The minimum atomic E-state index is -0.00537. The van der Waals surface area contributed by atoms with Gasteiger partial charge >= 0.3 is 0 Å². The zero-order valence-corrected chi connectivity index (χ0v) is 10.5. The first-order valence-electron chi connectivity index (χ1n) is 6.35. The van der Waals surface area contributed by atoms with Gasteiger partial charge in [-0.25, -0.2) is 0 Å². The van der Waals surface area contributed by atoms with Crippen molar-refractivity contribution in [2.24, 2.45) is 5.73 Å². The highest BCUT2D eigenvalue weighted by Crippen LogP contribution is 2.19. The Morgan fingerprint density at radius 3 is 3.11 bits per heavy atom. The lowest BCUT2D eigenvalue weighted by Crippen LogP contribution is -2.41. The molecule has 1 unspecified atom stereocenters. The van der Waals surface area contributed by atoms with Crippen molar-refractivity contribution in [2.75, 3.05) is 13.2 Å². The molecule has 2 rings (SSSR count). The summed E-state index contributed by atoms with van der Waals surface area (Å²) in [7, 11) is 0. The van der Waals surface area contributed by atoms with Crippen LogP contribution in [0.4, 0.5) is 0 Å². The van der Waals surface area contributed by atoms with Gasteiger partial charge in [-0.1, -0.05) is 6.42 Å². The fourth-order valence-corrected chi connectivity index (χ4v) is 2.43. The van der Waals surface area contributed by atoms with E-state index in [2.05, 4.69) is 9.88 Å². The number of aromatic nitrogens is 1. The van der Waals surface area contributed by atoms with Crippen LogP contribution in [0, 0.1) is 5.41 Å². The zero-order chi connectivity index (χ0) is 13.0. The second kappa shape index (κ2) is 5.93. The molecule has 98 valence electrons. The van der Waals surface area contributed by atoms with Crippen molar-refractivity contribution in [1.82, 2.24) is 9.88 Å². The fourth-order valence-electron chi connectivity index (χ4n) is 2.43. The smallest absolute Gasteiger partial charge is 0.141 e. The van der Waals surface area contributed by atoms with Crippen LogP contribution >= 0.6 is 0 Å². The van der Waals surface area contributed by atoms with E-state index >= 15 is 0 Å². The lowest BCUT2D eigenvalue weighted by atomic mass is 10.0. The lowest BCUT2D eigenvalue weighted by molar-refractivity contribution is 0.0841. The molecular formula is C13H20N4O. The van der Waals surface area contributed by atoms with Gasteiger partial charge in [0.1, 0.15) is 11.5 Å². The minimum absolute atomic E-state index is 0.00537. The van der Waals surface area contributed by atoms with Crippen LogP contribution in [0.1, 0.15) is 30.5 Å². The maximum Gasteiger partial charge on any atom is 0.141 e. The molecule has 0 bridgehead atoms. The first-order valence-corrected chi connectivity index (χ1v) is 6.35. The van der Waals surface area contributed by atoms with Gasteiger partial charge in [0, 0.05) is 18.8 Å². The third-order valence-corrected chi connectivity index (χ3v) is 3.45. The van der Waals surface area contributed by atoms with Crippen molar-refractivity contribution in [3.63, 3.8) is 0 Å². The van der Waals surface area contributed by atoms with E-state index in [0.29, 0.717) is 5.69 Å². The molecule has 0 amide bonds. The maximum atomic E-state index is 9.37. The summed E-state index contributed by atoms with van der Waals surface area (Å²) >= 11 is 0. The zero-order valence-electron chi connectivity index (χ0n) is 10.5. The molecule has 5 nitrogen and oxygen atoms in total. The largest absolute Gasteiger partial charge is 0.395 e. The first kappa shape index (κ1) is 13.0. The van der Waals surface area contributed by atoms with Crippen LogP contribution in [0.15, 0.2) is 18.3 Å². The van der Waals surface area contributed by atoms with Crippen LogP contribution in [0.5, 0.6) is 0 Å². The standard InChI is InChI=1S/C13H20N4O/c14-13(15)12-7-10(4-5-16-12)8-17-6-2-1-3-11(17)9-18/h4-5,7,11,18H,1-3,6,8-9H2,(H3,14,15). The van der Waals surface area contributed by atoms with Gasteiger partial charge in [0.05, 0.1) is 6.61 Å². The average molecular weight is 248 g/mol. The van der Waals surface area contributed by atoms with E-state index in [1.165, 1.54) is 12.8 Å². The molecule has 0 aromatic carbocycles. The predicted octanol–water partition coefficient (Wildman–Crippen LogP) is 0.712. The fraction of sp³-hybridized carbons (Fsp3) is 0.538. The Balaban J connectivity index is 2.07. The van der Waals surface area contributed by atoms with E-state index in [-0.39, 0.29) is 18.5 Å². The van der Waals surface area contributed by atoms with Crippen molar-refractivity contribution in [3.8, 4) is 0 Å². The van der Waals surface area contributed by atoms with Gasteiger partial charge in [0.15, 0.2) is 0 Å². The molecule has 1 aliphatic rings. The number of rotatable bonds is 4. The number of nitrogen functional groups attached to an aromatic ring is 1. The molecule has 18 heavy (non-hydrogen) atoms. The summed E-state index contributed by atoms with van der Waals surface area (Å²) in [4.78, 5) is 6.35. The monoisotopic (exact) mass is 248 g/mol. The van der Waals surface area contributed by atoms with E-state index < -0.39 is 0 Å². The highest BCUT2D eigenvalue weighted by Gasteiger charge is 2.21. The number of nitrogens with two attached hydrogens (primary N) is 1. The topological polar surface area (TPSA) is 86.2 Å².